The highest BCUT2D eigenvalue weighted by molar-refractivity contribution is 5.17. The van der Waals surface area contributed by atoms with Crippen LogP contribution in [0.1, 0.15) is 24.0 Å². The van der Waals surface area contributed by atoms with Crippen molar-refractivity contribution in [3.8, 4) is 0 Å². The lowest BCUT2D eigenvalue weighted by atomic mass is 10.1. The Morgan fingerprint density at radius 2 is 1.27 bits per heavy atom. The number of aliphatic hydroxyl groups excluding tert-OH is 2. The molecule has 22 heavy (non-hydrogen) atoms. The first-order chi connectivity index (χ1) is 10.7. The van der Waals surface area contributed by atoms with Gasteiger partial charge in [-0.2, -0.15) is 0 Å². The molecular formula is C19H23NO2. The smallest absolute Gasteiger partial charge is 0.0954 e. The van der Waals surface area contributed by atoms with Crippen LogP contribution in [0.5, 0.6) is 0 Å². The Kier molecular flexibility index (Phi) is 4.88. The molecule has 116 valence electrons. The van der Waals surface area contributed by atoms with E-state index in [4.69, 9.17) is 0 Å². The number of aliphatic hydroxyl groups is 2. The van der Waals surface area contributed by atoms with Gasteiger partial charge in [-0.1, -0.05) is 60.7 Å². The average molecular weight is 297 g/mol. The van der Waals surface area contributed by atoms with Crippen LogP contribution >= 0.6 is 0 Å². The zero-order valence-corrected chi connectivity index (χ0v) is 12.7. The molecule has 1 fully saturated rings. The molecule has 0 saturated heterocycles. The lowest BCUT2D eigenvalue weighted by Gasteiger charge is -2.31. The second-order valence-electron chi connectivity index (χ2n) is 6.08. The fraction of sp³-hybridized carbons (Fsp3) is 0.368. The van der Waals surface area contributed by atoms with Crippen LogP contribution in [-0.2, 0) is 13.1 Å². The molecule has 0 aromatic heterocycles. The monoisotopic (exact) mass is 297 g/mol. The average Bonchev–Trinajstić information content (AvgIpc) is 2.88. The van der Waals surface area contributed by atoms with Crippen molar-refractivity contribution < 1.29 is 10.2 Å². The molecule has 0 bridgehead atoms. The predicted molar refractivity (Wildman–Crippen MR) is 87.2 cm³/mol. The summed E-state index contributed by atoms with van der Waals surface area (Å²) in [6.45, 7) is 1.56. The molecule has 1 aliphatic rings. The van der Waals surface area contributed by atoms with Gasteiger partial charge in [0.15, 0.2) is 0 Å². The summed E-state index contributed by atoms with van der Waals surface area (Å²) in [7, 11) is 0. The molecule has 3 nitrogen and oxygen atoms in total. The van der Waals surface area contributed by atoms with Gasteiger partial charge in [0.2, 0.25) is 0 Å². The van der Waals surface area contributed by atoms with Crippen molar-refractivity contribution in [3.63, 3.8) is 0 Å². The Morgan fingerprint density at radius 3 is 1.68 bits per heavy atom. The van der Waals surface area contributed by atoms with Gasteiger partial charge in [-0.25, -0.2) is 0 Å². The van der Waals surface area contributed by atoms with Crippen LogP contribution in [0.3, 0.4) is 0 Å². The fourth-order valence-corrected chi connectivity index (χ4v) is 3.26. The quantitative estimate of drug-likeness (QED) is 0.891. The largest absolute Gasteiger partial charge is 0.390 e. The molecule has 0 radical (unpaired) electrons. The molecule has 3 rings (SSSR count). The summed E-state index contributed by atoms with van der Waals surface area (Å²) in [4.78, 5) is 2.28. The Balaban J connectivity index is 1.79. The number of nitrogens with zero attached hydrogens (tertiary/aromatic N) is 1. The molecule has 0 unspecified atom stereocenters. The molecule has 2 aromatic carbocycles. The van der Waals surface area contributed by atoms with Crippen molar-refractivity contribution >= 4 is 0 Å². The maximum Gasteiger partial charge on any atom is 0.0954 e. The zero-order valence-electron chi connectivity index (χ0n) is 12.7. The molecule has 1 saturated carbocycles. The van der Waals surface area contributed by atoms with E-state index in [9.17, 15) is 10.2 Å². The van der Waals surface area contributed by atoms with Crippen LogP contribution in [0.25, 0.3) is 0 Å². The molecule has 3 heteroatoms. The summed E-state index contributed by atoms with van der Waals surface area (Å²) in [5, 5.41) is 20.2. The van der Waals surface area contributed by atoms with E-state index >= 15 is 0 Å². The molecule has 2 aromatic rings. The maximum absolute atomic E-state index is 10.3. The molecule has 0 heterocycles. The topological polar surface area (TPSA) is 43.7 Å². The van der Waals surface area contributed by atoms with Gasteiger partial charge >= 0.3 is 0 Å². The Labute approximate surface area is 131 Å². The van der Waals surface area contributed by atoms with Gasteiger partial charge in [0.25, 0.3) is 0 Å². The van der Waals surface area contributed by atoms with E-state index in [0.717, 1.165) is 19.5 Å². The molecule has 0 aliphatic heterocycles. The van der Waals surface area contributed by atoms with Crippen LogP contribution in [0, 0.1) is 0 Å². The van der Waals surface area contributed by atoms with Crippen LogP contribution in [-0.4, -0.2) is 33.4 Å². The molecule has 3 atom stereocenters. The van der Waals surface area contributed by atoms with Crippen molar-refractivity contribution in [1.29, 1.82) is 0 Å². The van der Waals surface area contributed by atoms with E-state index in [1.54, 1.807) is 0 Å². The first kappa shape index (κ1) is 15.2. The number of hydrogen-bond donors (Lipinski definition) is 2. The SMILES string of the molecule is O[C@H]1[C@H](N(Cc2ccccc2)Cc2ccccc2)CC[C@@H]1O. The van der Waals surface area contributed by atoms with Crippen molar-refractivity contribution in [2.24, 2.45) is 0 Å². The highest BCUT2D eigenvalue weighted by Gasteiger charge is 2.37. The van der Waals surface area contributed by atoms with Crippen LogP contribution in [0.15, 0.2) is 60.7 Å². The van der Waals surface area contributed by atoms with E-state index in [2.05, 4.69) is 29.2 Å². The second kappa shape index (κ2) is 7.05. The van der Waals surface area contributed by atoms with Crippen molar-refractivity contribution in [3.05, 3.63) is 71.8 Å². The molecule has 0 amide bonds. The van der Waals surface area contributed by atoms with E-state index in [-0.39, 0.29) is 6.04 Å². The van der Waals surface area contributed by atoms with E-state index < -0.39 is 12.2 Å². The van der Waals surface area contributed by atoms with Gasteiger partial charge in [-0.15, -0.1) is 0 Å². The predicted octanol–water partition coefficient (Wildman–Crippen LogP) is 2.57. The molecular weight excluding hydrogens is 274 g/mol. The third-order valence-corrected chi connectivity index (χ3v) is 4.47. The van der Waals surface area contributed by atoms with Crippen molar-refractivity contribution in [2.45, 2.75) is 44.2 Å². The van der Waals surface area contributed by atoms with Gasteiger partial charge in [0, 0.05) is 19.1 Å². The van der Waals surface area contributed by atoms with Gasteiger partial charge < -0.3 is 10.2 Å². The standard InChI is InChI=1S/C19H23NO2/c21-18-12-11-17(19(18)22)20(13-15-7-3-1-4-8-15)14-16-9-5-2-6-10-16/h1-10,17-19,21-22H,11-14H2/t17-,18+,19+/m1/s1. The van der Waals surface area contributed by atoms with Crippen LogP contribution in [0.4, 0.5) is 0 Å². The van der Waals surface area contributed by atoms with Gasteiger partial charge in [0.05, 0.1) is 12.2 Å². The van der Waals surface area contributed by atoms with Crippen molar-refractivity contribution in [1.82, 2.24) is 4.90 Å². The Morgan fingerprint density at radius 1 is 0.773 bits per heavy atom. The van der Waals surface area contributed by atoms with Gasteiger partial charge in [-0.3, -0.25) is 4.90 Å². The van der Waals surface area contributed by atoms with Crippen molar-refractivity contribution in [2.75, 3.05) is 0 Å². The summed E-state index contributed by atoms with van der Waals surface area (Å²) in [5.74, 6) is 0. The summed E-state index contributed by atoms with van der Waals surface area (Å²) in [6.07, 6.45) is 0.250. The van der Waals surface area contributed by atoms with E-state index in [0.29, 0.717) is 6.42 Å². The third kappa shape index (κ3) is 3.55. The summed E-state index contributed by atoms with van der Waals surface area (Å²) in [5.41, 5.74) is 2.46. The number of benzene rings is 2. The van der Waals surface area contributed by atoms with Crippen LogP contribution in [0.2, 0.25) is 0 Å². The minimum atomic E-state index is -0.660. The highest BCUT2D eigenvalue weighted by atomic mass is 16.3. The fourth-order valence-electron chi connectivity index (χ4n) is 3.26. The molecule has 2 N–H and O–H groups in total. The van der Waals surface area contributed by atoms with Crippen LogP contribution < -0.4 is 0 Å². The minimum absolute atomic E-state index is 0.00964. The van der Waals surface area contributed by atoms with E-state index in [1.165, 1.54) is 11.1 Å². The number of rotatable bonds is 5. The molecule has 1 aliphatic carbocycles. The van der Waals surface area contributed by atoms with E-state index in [1.807, 2.05) is 36.4 Å². The third-order valence-electron chi connectivity index (χ3n) is 4.47. The minimum Gasteiger partial charge on any atom is -0.390 e. The highest BCUT2D eigenvalue weighted by Crippen LogP contribution is 2.27. The summed E-state index contributed by atoms with van der Waals surface area (Å²) >= 11 is 0. The summed E-state index contributed by atoms with van der Waals surface area (Å²) in [6, 6.07) is 20.6. The second-order valence-corrected chi connectivity index (χ2v) is 6.08. The van der Waals surface area contributed by atoms with Gasteiger partial charge in [0.1, 0.15) is 0 Å². The summed E-state index contributed by atoms with van der Waals surface area (Å²) < 4.78 is 0. The normalized spacial score (nSPS) is 24.8. The zero-order chi connectivity index (χ0) is 15.4. The molecule has 0 spiro atoms. The van der Waals surface area contributed by atoms with Gasteiger partial charge in [-0.05, 0) is 24.0 Å². The Bertz CT molecular complexity index is 531. The number of hydrogen-bond acceptors (Lipinski definition) is 3. The lowest BCUT2D eigenvalue weighted by Crippen LogP contribution is -2.42. The lowest BCUT2D eigenvalue weighted by molar-refractivity contribution is -0.00552. The maximum atomic E-state index is 10.3. The first-order valence-electron chi connectivity index (χ1n) is 7.92. The first-order valence-corrected chi connectivity index (χ1v) is 7.92. The Hall–Kier alpha value is -1.68.